The number of nitrogens with zero attached hydrogens (tertiary/aromatic N) is 1. The largest absolute Gasteiger partial charge is 0.493 e. The topological polar surface area (TPSA) is 149 Å². The summed E-state index contributed by atoms with van der Waals surface area (Å²) in [7, 11) is 2.44. The van der Waals surface area contributed by atoms with Gasteiger partial charge < -0.3 is 34.4 Å². The van der Waals surface area contributed by atoms with Crippen molar-refractivity contribution < 1.29 is 42.5 Å². The zero-order valence-corrected chi connectivity index (χ0v) is 20.5. The zero-order valence-electron chi connectivity index (χ0n) is 19.7. The molecule has 0 radical (unpaired) electrons. The number of halogens is 1. The van der Waals surface area contributed by atoms with Crippen LogP contribution in [0.2, 0.25) is 0 Å². The van der Waals surface area contributed by atoms with Gasteiger partial charge >= 0.3 is 18.0 Å². The van der Waals surface area contributed by atoms with Crippen LogP contribution in [0, 0.1) is 12.7 Å². The fourth-order valence-electron chi connectivity index (χ4n) is 3.47. The third-order valence-corrected chi connectivity index (χ3v) is 6.08. The molecule has 0 aliphatic rings. The molecule has 4 rings (SSSR count). The Morgan fingerprint density at radius 2 is 1.89 bits per heavy atom. The number of aromatic carboxylic acids is 1. The lowest BCUT2D eigenvalue weighted by Gasteiger charge is -2.14. The summed E-state index contributed by atoms with van der Waals surface area (Å²) in [6.45, 7) is 1.77. The van der Waals surface area contributed by atoms with E-state index in [9.17, 15) is 23.9 Å². The molecule has 0 fully saturated rings. The second kappa shape index (κ2) is 10.5. The van der Waals surface area contributed by atoms with Crippen molar-refractivity contribution in [1.29, 1.82) is 0 Å². The summed E-state index contributed by atoms with van der Waals surface area (Å²) in [6.07, 6.45) is 0. The number of carboxylic acid groups (broad SMARTS) is 1. The normalized spacial score (nSPS) is 10.7. The van der Waals surface area contributed by atoms with Crippen LogP contribution in [0.3, 0.4) is 0 Å². The molecule has 192 valence electrons. The van der Waals surface area contributed by atoms with E-state index in [1.165, 1.54) is 18.6 Å². The lowest BCUT2D eigenvalue weighted by Crippen LogP contribution is -2.21. The third kappa shape index (κ3) is 5.30. The molecule has 2 aromatic heterocycles. The molecular formula is C24H20FN3O8S. The van der Waals surface area contributed by atoms with Gasteiger partial charge in [0, 0.05) is 30.0 Å². The number of carbonyl (C=O) groups is 3. The Labute approximate surface area is 212 Å². The molecule has 2 aromatic carbocycles. The molecule has 13 heteroatoms. The standard InChI is InChI=1S/C24H20FN3O8S/c1-11-26-20-12(5-4-6-16(20)36-11)9-35-18-8-14(13(25)7-17(18)33-2)27-24(32)28-15-10-37-21(23(31)34-3)19(15)22(29)30/h4-8,10H,9H2,1-3H3,(H,29,30)(H2,27,28,32). The number of amides is 2. The molecule has 0 atom stereocenters. The fraction of sp³-hybridized carbons (Fsp3) is 0.167. The Balaban J connectivity index is 1.54. The molecule has 0 bridgehead atoms. The summed E-state index contributed by atoms with van der Waals surface area (Å²) >= 11 is 0.782. The SMILES string of the molecule is COC(=O)c1scc(NC(=O)Nc2cc(OCc3cccc4oc(C)nc34)c(OC)cc2F)c1C(=O)O. The summed E-state index contributed by atoms with van der Waals surface area (Å²) in [4.78, 5) is 40.2. The minimum absolute atomic E-state index is 0.0458. The first kappa shape index (κ1) is 25.4. The molecule has 4 aromatic rings. The van der Waals surface area contributed by atoms with Crippen LogP contribution in [0.4, 0.5) is 20.6 Å². The van der Waals surface area contributed by atoms with Gasteiger partial charge in [0.25, 0.3) is 0 Å². The minimum atomic E-state index is -1.44. The summed E-state index contributed by atoms with van der Waals surface area (Å²) in [5.41, 5.74) is 1.07. The molecule has 0 aliphatic carbocycles. The number of para-hydroxylation sites is 1. The highest BCUT2D eigenvalue weighted by molar-refractivity contribution is 7.13. The number of carboxylic acids is 1. The number of hydrogen-bond donors (Lipinski definition) is 3. The second-order valence-corrected chi connectivity index (χ2v) is 8.38. The van der Waals surface area contributed by atoms with E-state index in [1.54, 1.807) is 25.1 Å². The summed E-state index contributed by atoms with van der Waals surface area (Å²) in [6, 6.07) is 6.68. The van der Waals surface area contributed by atoms with Crippen molar-refractivity contribution in [2.45, 2.75) is 13.5 Å². The van der Waals surface area contributed by atoms with Gasteiger partial charge in [-0.15, -0.1) is 11.3 Å². The smallest absolute Gasteiger partial charge is 0.349 e. The number of esters is 1. The first-order chi connectivity index (χ1) is 17.7. The van der Waals surface area contributed by atoms with Gasteiger partial charge in [0.15, 0.2) is 28.8 Å². The van der Waals surface area contributed by atoms with E-state index in [2.05, 4.69) is 20.4 Å². The number of aryl methyl sites for hydroxylation is 1. The number of rotatable bonds is 8. The Kier molecular flexibility index (Phi) is 7.25. The van der Waals surface area contributed by atoms with Crippen LogP contribution in [0.25, 0.3) is 11.1 Å². The summed E-state index contributed by atoms with van der Waals surface area (Å²) < 4.78 is 35.8. The van der Waals surface area contributed by atoms with E-state index >= 15 is 0 Å². The summed E-state index contributed by atoms with van der Waals surface area (Å²) in [5.74, 6) is -2.43. The molecule has 11 nitrogen and oxygen atoms in total. The first-order valence-electron chi connectivity index (χ1n) is 10.6. The number of oxazole rings is 1. The van der Waals surface area contributed by atoms with Gasteiger partial charge in [0.05, 0.1) is 25.6 Å². The number of fused-ring (bicyclic) bond motifs is 1. The number of anilines is 2. The van der Waals surface area contributed by atoms with Crippen LogP contribution in [0.15, 0.2) is 40.1 Å². The number of nitrogens with one attached hydrogen (secondary N) is 2. The fourth-order valence-corrected chi connectivity index (χ4v) is 4.38. The third-order valence-electron chi connectivity index (χ3n) is 5.12. The van der Waals surface area contributed by atoms with E-state index in [0.29, 0.717) is 22.6 Å². The molecule has 3 N–H and O–H groups in total. The summed E-state index contributed by atoms with van der Waals surface area (Å²) in [5, 5.41) is 15.3. The molecule has 37 heavy (non-hydrogen) atoms. The van der Waals surface area contributed by atoms with E-state index in [1.807, 2.05) is 0 Å². The van der Waals surface area contributed by atoms with Crippen molar-refractivity contribution in [3.63, 3.8) is 0 Å². The van der Waals surface area contributed by atoms with Gasteiger partial charge in [0.2, 0.25) is 0 Å². The van der Waals surface area contributed by atoms with Crippen molar-refractivity contribution in [3.8, 4) is 11.5 Å². The number of aromatic nitrogens is 1. The van der Waals surface area contributed by atoms with Gasteiger partial charge in [-0.25, -0.2) is 23.8 Å². The highest BCUT2D eigenvalue weighted by Gasteiger charge is 2.25. The molecule has 0 saturated heterocycles. The molecule has 2 amide bonds. The maximum atomic E-state index is 14.7. The number of benzene rings is 2. The van der Waals surface area contributed by atoms with Crippen LogP contribution in [-0.2, 0) is 11.3 Å². The molecule has 0 unspecified atom stereocenters. The highest BCUT2D eigenvalue weighted by atomic mass is 32.1. The number of methoxy groups -OCH3 is 2. The van der Waals surface area contributed by atoms with E-state index in [4.69, 9.17) is 13.9 Å². The maximum absolute atomic E-state index is 14.7. The van der Waals surface area contributed by atoms with Crippen molar-refractivity contribution in [3.05, 3.63) is 63.4 Å². The monoisotopic (exact) mass is 529 g/mol. The van der Waals surface area contributed by atoms with Crippen molar-refractivity contribution in [2.75, 3.05) is 24.9 Å². The van der Waals surface area contributed by atoms with E-state index in [-0.39, 0.29) is 34.4 Å². The Morgan fingerprint density at radius 3 is 2.59 bits per heavy atom. The average molecular weight is 530 g/mol. The molecule has 2 heterocycles. The lowest BCUT2D eigenvalue weighted by molar-refractivity contribution is 0.0589. The van der Waals surface area contributed by atoms with Gasteiger partial charge in [-0.05, 0) is 6.07 Å². The van der Waals surface area contributed by atoms with Crippen LogP contribution in [0.5, 0.6) is 11.5 Å². The van der Waals surface area contributed by atoms with E-state index < -0.39 is 29.4 Å². The Hall–Kier alpha value is -4.65. The van der Waals surface area contributed by atoms with Gasteiger partial charge in [-0.1, -0.05) is 12.1 Å². The lowest BCUT2D eigenvalue weighted by atomic mass is 10.2. The quantitative estimate of drug-likeness (QED) is 0.266. The number of hydrogen-bond acceptors (Lipinski definition) is 9. The minimum Gasteiger partial charge on any atom is -0.493 e. The van der Waals surface area contributed by atoms with Crippen molar-refractivity contribution in [2.24, 2.45) is 0 Å². The Bertz CT molecular complexity index is 1510. The van der Waals surface area contributed by atoms with E-state index in [0.717, 1.165) is 24.5 Å². The predicted octanol–water partition coefficient (Wildman–Crippen LogP) is 5.05. The molecule has 0 saturated carbocycles. The molecule has 0 aliphatic heterocycles. The van der Waals surface area contributed by atoms with Gasteiger partial charge in [-0.3, -0.25) is 0 Å². The number of urea groups is 1. The average Bonchev–Trinajstić information content (AvgIpc) is 3.46. The van der Waals surface area contributed by atoms with Crippen LogP contribution in [-0.4, -0.2) is 42.3 Å². The van der Waals surface area contributed by atoms with Crippen LogP contribution >= 0.6 is 11.3 Å². The molecule has 0 spiro atoms. The second-order valence-electron chi connectivity index (χ2n) is 7.50. The van der Waals surface area contributed by atoms with Gasteiger partial charge in [0.1, 0.15) is 22.6 Å². The number of thiophene rings is 1. The Morgan fingerprint density at radius 1 is 1.14 bits per heavy atom. The zero-order chi connectivity index (χ0) is 26.7. The predicted molar refractivity (Wildman–Crippen MR) is 131 cm³/mol. The van der Waals surface area contributed by atoms with Gasteiger partial charge in [-0.2, -0.15) is 0 Å². The maximum Gasteiger partial charge on any atom is 0.349 e. The van der Waals surface area contributed by atoms with Crippen molar-refractivity contribution >= 4 is 51.8 Å². The highest BCUT2D eigenvalue weighted by Crippen LogP contribution is 2.34. The van der Waals surface area contributed by atoms with Crippen LogP contribution in [0.1, 0.15) is 31.5 Å². The first-order valence-corrected chi connectivity index (χ1v) is 11.5. The number of carbonyl (C=O) groups excluding carboxylic acids is 2. The molecular weight excluding hydrogens is 509 g/mol. The van der Waals surface area contributed by atoms with Crippen molar-refractivity contribution in [1.82, 2.24) is 4.98 Å². The van der Waals surface area contributed by atoms with Crippen LogP contribution < -0.4 is 20.1 Å². The number of ether oxygens (including phenoxy) is 3.